The summed E-state index contributed by atoms with van der Waals surface area (Å²) >= 11 is 2.84. The van der Waals surface area contributed by atoms with Crippen LogP contribution in [-0.2, 0) is 6.42 Å². The molecule has 0 saturated heterocycles. The van der Waals surface area contributed by atoms with E-state index >= 15 is 0 Å². The van der Waals surface area contributed by atoms with Gasteiger partial charge in [-0.15, -0.1) is 22.7 Å². The minimum absolute atomic E-state index is 0.0711. The fourth-order valence-electron chi connectivity index (χ4n) is 3.30. The van der Waals surface area contributed by atoms with E-state index < -0.39 is 28.8 Å². The van der Waals surface area contributed by atoms with E-state index in [0.717, 1.165) is 32.8 Å². The topological polar surface area (TPSA) is 17.1 Å². The van der Waals surface area contributed by atoms with Crippen LogP contribution in [0.4, 0.5) is 17.6 Å². The first-order valence-corrected chi connectivity index (χ1v) is 11.7. The smallest absolute Gasteiger partial charge is 0.155 e. The molecule has 0 N–H and O–H groups in total. The molecule has 0 saturated carbocycles. The Bertz CT molecular complexity index is 1370. The number of benzene rings is 2. The highest BCUT2D eigenvalue weighted by Crippen LogP contribution is 2.34. The Hall–Kier alpha value is -3.21. The van der Waals surface area contributed by atoms with Gasteiger partial charge in [0.25, 0.3) is 0 Å². The molecule has 2 aromatic heterocycles. The third-order valence-electron chi connectivity index (χ3n) is 4.84. The number of fused-ring (bicyclic) bond motifs is 1. The first-order valence-electron chi connectivity index (χ1n) is 10.0. The van der Waals surface area contributed by atoms with Crippen LogP contribution in [0.2, 0.25) is 0 Å². The molecule has 4 aromatic rings. The fraction of sp³-hybridized carbons (Fsp3) is 0.115. The van der Waals surface area contributed by atoms with Crippen molar-refractivity contribution < 1.29 is 22.4 Å². The van der Waals surface area contributed by atoms with E-state index in [4.69, 9.17) is 0 Å². The van der Waals surface area contributed by atoms with Crippen LogP contribution in [-0.4, -0.2) is 6.29 Å². The van der Waals surface area contributed by atoms with Gasteiger partial charge < -0.3 is 0 Å². The maximum Gasteiger partial charge on any atom is 0.155 e. The van der Waals surface area contributed by atoms with Gasteiger partial charge in [0.15, 0.2) is 6.29 Å². The van der Waals surface area contributed by atoms with Crippen LogP contribution < -0.4 is 0 Å². The van der Waals surface area contributed by atoms with Gasteiger partial charge in [-0.2, -0.15) is 0 Å². The number of aldehydes is 1. The Labute approximate surface area is 196 Å². The number of carbonyl (C=O) groups excluding carboxylic acids is 1. The summed E-state index contributed by atoms with van der Waals surface area (Å²) < 4.78 is 57.9. The quantitative estimate of drug-likeness (QED) is 0.160. The molecule has 0 aliphatic rings. The summed E-state index contributed by atoms with van der Waals surface area (Å²) in [6.45, 7) is 1.95. The lowest BCUT2D eigenvalue weighted by molar-refractivity contribution is 0.111. The second-order valence-corrected chi connectivity index (χ2v) is 9.46. The van der Waals surface area contributed by atoms with E-state index in [9.17, 15) is 22.4 Å². The molecule has 0 aliphatic carbocycles. The maximum absolute atomic E-state index is 14.3. The van der Waals surface area contributed by atoms with Gasteiger partial charge in [0.2, 0.25) is 0 Å². The lowest BCUT2D eigenvalue weighted by atomic mass is 10.1. The molecular formula is C26H16F4OS2. The zero-order chi connectivity index (χ0) is 23.5. The van der Waals surface area contributed by atoms with E-state index in [2.05, 4.69) is 11.8 Å². The van der Waals surface area contributed by atoms with Crippen molar-refractivity contribution >= 4 is 50.5 Å². The van der Waals surface area contributed by atoms with Gasteiger partial charge in [-0.3, -0.25) is 4.79 Å². The molecule has 0 fully saturated rings. The van der Waals surface area contributed by atoms with Crippen LogP contribution in [0.5, 0.6) is 0 Å². The first-order chi connectivity index (χ1) is 15.9. The minimum atomic E-state index is -0.953. The van der Waals surface area contributed by atoms with Gasteiger partial charge in [-0.1, -0.05) is 25.2 Å². The van der Waals surface area contributed by atoms with E-state index in [-0.39, 0.29) is 17.4 Å². The summed E-state index contributed by atoms with van der Waals surface area (Å²) in [6.07, 6.45) is 4.67. The Balaban J connectivity index is 1.54. The summed E-state index contributed by atoms with van der Waals surface area (Å²) in [6, 6.07) is 8.52. The molecule has 0 spiro atoms. The Morgan fingerprint density at radius 2 is 1.42 bits per heavy atom. The van der Waals surface area contributed by atoms with Crippen molar-refractivity contribution in [2.24, 2.45) is 0 Å². The highest BCUT2D eigenvalue weighted by molar-refractivity contribution is 7.28. The standard InChI is InChI=1S/C26H16F4OS2/c1-2-3-15-8-21(27)19(22(28)9-15)7-6-18-13-26-25(33-18)12-17(32-26)5-4-16-10-23(29)20(14-31)24(30)11-16/h6-14H,2-3H2,1H3/b7-6+. The third kappa shape index (κ3) is 5.08. The number of carbonyl (C=O) groups is 1. The van der Waals surface area contributed by atoms with E-state index in [0.29, 0.717) is 16.9 Å². The largest absolute Gasteiger partial charge is 0.298 e. The molecule has 7 heteroatoms. The molecule has 33 heavy (non-hydrogen) atoms. The molecule has 1 nitrogen and oxygen atoms in total. The second kappa shape index (κ2) is 9.74. The average Bonchev–Trinajstić information content (AvgIpc) is 3.30. The van der Waals surface area contributed by atoms with Gasteiger partial charge in [-0.05, 0) is 60.5 Å². The molecule has 2 aromatic carbocycles. The van der Waals surface area contributed by atoms with E-state index in [1.165, 1.54) is 40.9 Å². The molecule has 2 heterocycles. The van der Waals surface area contributed by atoms with Crippen molar-refractivity contribution in [2.75, 3.05) is 0 Å². The SMILES string of the molecule is CCCc1cc(F)c(/C=C/c2cc3sc(C#Cc4cc(F)c(C=O)c(F)c4)cc3s2)c(F)c1. The van der Waals surface area contributed by atoms with Gasteiger partial charge in [0.05, 0.1) is 10.4 Å². The first kappa shape index (κ1) is 23.0. The predicted molar refractivity (Wildman–Crippen MR) is 127 cm³/mol. The summed E-state index contributed by atoms with van der Waals surface area (Å²) in [5.74, 6) is 2.50. The summed E-state index contributed by atoms with van der Waals surface area (Å²) in [4.78, 5) is 12.2. The van der Waals surface area contributed by atoms with Crippen molar-refractivity contribution in [3.05, 3.63) is 91.7 Å². The zero-order valence-electron chi connectivity index (χ0n) is 17.3. The van der Waals surface area contributed by atoms with Gasteiger partial charge in [0.1, 0.15) is 23.3 Å². The number of hydrogen-bond donors (Lipinski definition) is 0. The van der Waals surface area contributed by atoms with Gasteiger partial charge >= 0.3 is 0 Å². The van der Waals surface area contributed by atoms with Gasteiger partial charge in [-0.25, -0.2) is 17.6 Å². The van der Waals surface area contributed by atoms with Crippen LogP contribution in [0.15, 0.2) is 36.4 Å². The lowest BCUT2D eigenvalue weighted by Gasteiger charge is -2.04. The summed E-state index contributed by atoms with van der Waals surface area (Å²) in [5.41, 5.74) is 0.0812. The molecule has 0 atom stereocenters. The maximum atomic E-state index is 14.3. The third-order valence-corrected chi connectivity index (χ3v) is 7.02. The number of halogens is 4. The minimum Gasteiger partial charge on any atom is -0.298 e. The zero-order valence-corrected chi connectivity index (χ0v) is 19.0. The van der Waals surface area contributed by atoms with Crippen molar-refractivity contribution in [1.29, 1.82) is 0 Å². The Kier molecular flexibility index (Phi) is 6.77. The van der Waals surface area contributed by atoms with Crippen molar-refractivity contribution in [3.8, 4) is 11.8 Å². The van der Waals surface area contributed by atoms with Crippen molar-refractivity contribution in [2.45, 2.75) is 19.8 Å². The normalized spacial score (nSPS) is 11.2. The number of hydrogen-bond acceptors (Lipinski definition) is 3. The highest BCUT2D eigenvalue weighted by Gasteiger charge is 2.11. The number of rotatable bonds is 5. The average molecular weight is 485 g/mol. The Morgan fingerprint density at radius 3 is 2.03 bits per heavy atom. The van der Waals surface area contributed by atoms with Crippen molar-refractivity contribution in [3.63, 3.8) is 0 Å². The summed E-state index contributed by atoms with van der Waals surface area (Å²) in [5, 5.41) is 0. The van der Waals surface area contributed by atoms with Crippen LogP contribution in [0.3, 0.4) is 0 Å². The van der Waals surface area contributed by atoms with Crippen LogP contribution >= 0.6 is 22.7 Å². The van der Waals surface area contributed by atoms with Crippen LogP contribution in [0, 0.1) is 35.1 Å². The lowest BCUT2D eigenvalue weighted by Crippen LogP contribution is -1.94. The highest BCUT2D eigenvalue weighted by atomic mass is 32.1. The number of thiophene rings is 2. The second-order valence-electron chi connectivity index (χ2n) is 7.27. The summed E-state index contributed by atoms with van der Waals surface area (Å²) in [7, 11) is 0. The van der Waals surface area contributed by atoms with E-state index in [1.807, 2.05) is 19.1 Å². The van der Waals surface area contributed by atoms with Crippen LogP contribution in [0.1, 0.15) is 50.1 Å². The van der Waals surface area contributed by atoms with Crippen molar-refractivity contribution in [1.82, 2.24) is 0 Å². The number of aryl methyl sites for hydroxylation is 1. The van der Waals surface area contributed by atoms with Crippen LogP contribution in [0.25, 0.3) is 21.6 Å². The fourth-order valence-corrected chi connectivity index (χ4v) is 5.46. The predicted octanol–water partition coefficient (Wildman–Crippen LogP) is 7.85. The van der Waals surface area contributed by atoms with Gasteiger partial charge in [0, 0.05) is 25.4 Å². The Morgan fingerprint density at radius 1 is 0.788 bits per heavy atom. The molecular weight excluding hydrogens is 468 g/mol. The molecule has 0 radical (unpaired) electrons. The molecule has 0 amide bonds. The van der Waals surface area contributed by atoms with E-state index in [1.54, 1.807) is 6.08 Å². The molecule has 0 bridgehead atoms. The molecule has 0 unspecified atom stereocenters. The molecule has 166 valence electrons. The molecule has 4 rings (SSSR count). The monoisotopic (exact) mass is 484 g/mol. The molecule has 0 aliphatic heterocycles.